The number of likely N-dealkylation sites (N-methyl/N-ethyl adjacent to an activating group) is 1. The van der Waals surface area contributed by atoms with Gasteiger partial charge in [-0.3, -0.25) is 0 Å². The molecule has 0 saturated heterocycles. The minimum atomic E-state index is 0.756. The first-order chi connectivity index (χ1) is 12.7. The van der Waals surface area contributed by atoms with Crippen LogP contribution in [0.15, 0.2) is 61.3 Å². The van der Waals surface area contributed by atoms with Crippen LogP contribution in [0.3, 0.4) is 0 Å². The van der Waals surface area contributed by atoms with Crippen LogP contribution >= 0.6 is 11.3 Å². The van der Waals surface area contributed by atoms with Crippen molar-refractivity contribution < 1.29 is 0 Å². The van der Waals surface area contributed by atoms with Crippen LogP contribution in [0.25, 0.3) is 38.9 Å². The van der Waals surface area contributed by atoms with Gasteiger partial charge in [0.1, 0.15) is 0 Å². The highest BCUT2D eigenvalue weighted by Crippen LogP contribution is 2.39. The Hall–Kier alpha value is -2.62. The molecule has 0 saturated carbocycles. The SMILES string of the molecule is C=Cc1c(/C=C\C)sc2c(-c3ccc(/C(=C/N)CNC)cc3)cccc12. The van der Waals surface area contributed by atoms with Crippen molar-refractivity contribution in [1.29, 1.82) is 0 Å². The van der Waals surface area contributed by atoms with Crippen molar-refractivity contribution in [2.75, 3.05) is 13.6 Å². The normalized spacial score (nSPS) is 12.2. The first kappa shape index (κ1) is 18.2. The Labute approximate surface area is 159 Å². The Morgan fingerprint density at radius 1 is 1.19 bits per heavy atom. The lowest BCUT2D eigenvalue weighted by atomic mass is 9.99. The molecule has 132 valence electrons. The molecule has 3 N–H and O–H groups in total. The zero-order valence-corrected chi connectivity index (χ0v) is 16.1. The topological polar surface area (TPSA) is 38.0 Å². The summed E-state index contributed by atoms with van der Waals surface area (Å²) in [7, 11) is 1.93. The number of rotatable bonds is 6. The number of thiophene rings is 1. The molecule has 0 bridgehead atoms. The van der Waals surface area contributed by atoms with E-state index in [2.05, 4.69) is 66.5 Å². The number of hydrogen-bond donors (Lipinski definition) is 2. The summed E-state index contributed by atoms with van der Waals surface area (Å²) >= 11 is 1.82. The monoisotopic (exact) mass is 360 g/mol. The number of fused-ring (bicyclic) bond motifs is 1. The van der Waals surface area contributed by atoms with E-state index in [4.69, 9.17) is 5.73 Å². The molecule has 2 aromatic carbocycles. The number of benzene rings is 2. The van der Waals surface area contributed by atoms with Crippen LogP contribution in [0.4, 0.5) is 0 Å². The maximum absolute atomic E-state index is 5.76. The van der Waals surface area contributed by atoms with Gasteiger partial charge in [-0.1, -0.05) is 61.2 Å². The van der Waals surface area contributed by atoms with E-state index in [1.807, 2.05) is 31.4 Å². The summed E-state index contributed by atoms with van der Waals surface area (Å²) in [5.74, 6) is 0. The van der Waals surface area contributed by atoms with E-state index in [9.17, 15) is 0 Å². The molecule has 0 atom stereocenters. The van der Waals surface area contributed by atoms with E-state index >= 15 is 0 Å². The quantitative estimate of drug-likeness (QED) is 0.586. The molecule has 0 aliphatic carbocycles. The zero-order chi connectivity index (χ0) is 18.5. The predicted molar refractivity (Wildman–Crippen MR) is 118 cm³/mol. The molecule has 0 amide bonds. The van der Waals surface area contributed by atoms with Gasteiger partial charge in [0, 0.05) is 21.5 Å². The summed E-state index contributed by atoms with van der Waals surface area (Å²) in [6.45, 7) is 6.81. The molecule has 0 aliphatic rings. The van der Waals surface area contributed by atoms with Gasteiger partial charge < -0.3 is 11.1 Å². The Bertz CT molecular complexity index is 975. The van der Waals surface area contributed by atoms with Crippen LogP contribution in [0.1, 0.15) is 22.9 Å². The highest BCUT2D eigenvalue weighted by molar-refractivity contribution is 7.20. The Balaban J connectivity index is 2.10. The van der Waals surface area contributed by atoms with Gasteiger partial charge >= 0.3 is 0 Å². The van der Waals surface area contributed by atoms with Gasteiger partial charge in [-0.2, -0.15) is 0 Å². The summed E-state index contributed by atoms with van der Waals surface area (Å²) < 4.78 is 1.30. The molecular formula is C23H24N2S. The van der Waals surface area contributed by atoms with Crippen LogP contribution in [0, 0.1) is 0 Å². The van der Waals surface area contributed by atoms with E-state index in [0.717, 1.165) is 17.7 Å². The second-order valence-electron chi connectivity index (χ2n) is 6.07. The van der Waals surface area contributed by atoms with Crippen LogP contribution in [0.5, 0.6) is 0 Å². The van der Waals surface area contributed by atoms with Crippen molar-refractivity contribution in [3.8, 4) is 11.1 Å². The standard InChI is InChI=1S/C23H24N2S/c1-4-7-22-19(5-2)21-9-6-8-20(23(21)26-22)17-12-10-16(11-13-17)18(14-24)15-25-3/h4-14,25H,2,15,24H2,1,3H3/b7-4-,18-14+. The highest BCUT2D eigenvalue weighted by Gasteiger charge is 2.12. The number of hydrogen-bond acceptors (Lipinski definition) is 3. The molecule has 0 spiro atoms. The van der Waals surface area contributed by atoms with Crippen LogP contribution in [-0.2, 0) is 0 Å². The van der Waals surface area contributed by atoms with Crippen molar-refractivity contribution in [2.45, 2.75) is 6.92 Å². The van der Waals surface area contributed by atoms with Crippen molar-refractivity contribution in [1.82, 2.24) is 5.32 Å². The predicted octanol–water partition coefficient (Wildman–Crippen LogP) is 5.76. The van der Waals surface area contributed by atoms with Crippen molar-refractivity contribution in [3.63, 3.8) is 0 Å². The van der Waals surface area contributed by atoms with Gasteiger partial charge in [0.15, 0.2) is 0 Å². The van der Waals surface area contributed by atoms with Gasteiger partial charge in [0.05, 0.1) is 0 Å². The number of allylic oxidation sites excluding steroid dienone is 1. The summed E-state index contributed by atoms with van der Waals surface area (Å²) in [5, 5.41) is 4.41. The minimum Gasteiger partial charge on any atom is -0.404 e. The molecule has 0 fully saturated rings. The van der Waals surface area contributed by atoms with E-state index in [-0.39, 0.29) is 0 Å². The lowest BCUT2D eigenvalue weighted by molar-refractivity contribution is 0.930. The third-order valence-corrected chi connectivity index (χ3v) is 5.66. The van der Waals surface area contributed by atoms with Gasteiger partial charge in [-0.15, -0.1) is 11.3 Å². The molecule has 1 aromatic heterocycles. The maximum atomic E-state index is 5.76. The third kappa shape index (κ3) is 3.36. The first-order valence-corrected chi connectivity index (χ1v) is 9.52. The molecular weight excluding hydrogens is 336 g/mol. The van der Waals surface area contributed by atoms with Gasteiger partial charge in [-0.05, 0) is 54.1 Å². The molecule has 0 aliphatic heterocycles. The van der Waals surface area contributed by atoms with Crippen LogP contribution in [-0.4, -0.2) is 13.6 Å². The summed E-state index contributed by atoms with van der Waals surface area (Å²) in [6, 6.07) is 15.1. The van der Waals surface area contributed by atoms with Gasteiger partial charge in [0.25, 0.3) is 0 Å². The smallest absolute Gasteiger partial charge is 0.0433 e. The van der Waals surface area contributed by atoms with Crippen LogP contribution in [0.2, 0.25) is 0 Å². The largest absolute Gasteiger partial charge is 0.404 e. The van der Waals surface area contributed by atoms with Crippen molar-refractivity contribution in [3.05, 3.63) is 77.3 Å². The lowest BCUT2D eigenvalue weighted by Crippen LogP contribution is -2.10. The van der Waals surface area contributed by atoms with Crippen molar-refractivity contribution in [2.24, 2.45) is 5.73 Å². The zero-order valence-electron chi connectivity index (χ0n) is 15.3. The Morgan fingerprint density at radius 3 is 2.58 bits per heavy atom. The number of nitrogens with one attached hydrogen (secondary N) is 1. The summed E-state index contributed by atoms with van der Waals surface area (Å²) in [5.41, 5.74) is 11.7. The van der Waals surface area contributed by atoms with E-state index in [1.165, 1.54) is 31.7 Å². The van der Waals surface area contributed by atoms with Crippen molar-refractivity contribution >= 4 is 39.1 Å². The fourth-order valence-corrected chi connectivity index (χ4v) is 4.49. The fraction of sp³-hybridized carbons (Fsp3) is 0.130. The van der Waals surface area contributed by atoms with E-state index < -0.39 is 0 Å². The van der Waals surface area contributed by atoms with E-state index in [0.29, 0.717) is 0 Å². The maximum Gasteiger partial charge on any atom is 0.0433 e. The van der Waals surface area contributed by atoms with Gasteiger partial charge in [-0.25, -0.2) is 0 Å². The first-order valence-electron chi connectivity index (χ1n) is 8.70. The molecule has 2 nitrogen and oxygen atoms in total. The second-order valence-corrected chi connectivity index (χ2v) is 7.12. The average molecular weight is 361 g/mol. The molecule has 3 rings (SSSR count). The molecule has 26 heavy (non-hydrogen) atoms. The lowest BCUT2D eigenvalue weighted by Gasteiger charge is -2.09. The molecule has 3 aromatic rings. The molecule has 0 radical (unpaired) electrons. The van der Waals surface area contributed by atoms with E-state index in [1.54, 1.807) is 6.20 Å². The second kappa shape index (κ2) is 8.17. The molecule has 1 heterocycles. The highest BCUT2D eigenvalue weighted by atomic mass is 32.1. The summed E-state index contributed by atoms with van der Waals surface area (Å²) in [4.78, 5) is 1.25. The average Bonchev–Trinajstić information content (AvgIpc) is 3.04. The van der Waals surface area contributed by atoms with Gasteiger partial charge in [0.2, 0.25) is 0 Å². The fourth-order valence-electron chi connectivity index (χ4n) is 3.18. The minimum absolute atomic E-state index is 0.756. The Morgan fingerprint density at radius 2 is 1.96 bits per heavy atom. The van der Waals surface area contributed by atoms with Crippen LogP contribution < -0.4 is 11.1 Å². The molecule has 0 unspecified atom stereocenters. The molecule has 3 heteroatoms. The summed E-state index contributed by atoms with van der Waals surface area (Å²) in [6.07, 6.45) is 7.86. The Kier molecular flexibility index (Phi) is 5.71. The number of nitrogens with two attached hydrogens (primary N) is 1. The third-order valence-electron chi connectivity index (χ3n) is 4.44.